The molecule has 0 aromatic carbocycles. The topological polar surface area (TPSA) is 29.1 Å². The van der Waals surface area contributed by atoms with Gasteiger partial charge in [-0.25, -0.2) is 8.78 Å². The van der Waals surface area contributed by atoms with Gasteiger partial charge in [-0.15, -0.1) is 0 Å². The molecule has 2 rings (SSSR count). The minimum Gasteiger partial charge on any atom is -0.356 e. The Morgan fingerprint density at radius 2 is 1.92 bits per heavy atom. The molecule has 2 nitrogen and oxygen atoms in total. The van der Waals surface area contributed by atoms with Crippen LogP contribution in [-0.2, 0) is 4.79 Å². The third kappa shape index (κ3) is 3.15. The SMILES string of the molecule is C1CC1.O=C1NCCC1C(F)F. The predicted octanol–water partition coefficient (Wildman–Crippen LogP) is 1.56. The summed E-state index contributed by atoms with van der Waals surface area (Å²) in [4.78, 5) is 10.4. The third-order valence-electron chi connectivity index (χ3n) is 1.75. The summed E-state index contributed by atoms with van der Waals surface area (Å²) < 4.78 is 23.5. The van der Waals surface area contributed by atoms with Gasteiger partial charge < -0.3 is 5.32 Å². The van der Waals surface area contributed by atoms with Crippen LogP contribution in [0.15, 0.2) is 0 Å². The summed E-state index contributed by atoms with van der Waals surface area (Å²) in [7, 11) is 0. The number of halogens is 2. The second-order valence-electron chi connectivity index (χ2n) is 3.08. The Kier molecular flexibility index (Phi) is 3.44. The van der Waals surface area contributed by atoms with Gasteiger partial charge in [-0.05, 0) is 6.42 Å². The molecule has 1 aliphatic carbocycles. The van der Waals surface area contributed by atoms with E-state index in [0.29, 0.717) is 6.54 Å². The van der Waals surface area contributed by atoms with Crippen molar-refractivity contribution in [2.45, 2.75) is 32.1 Å². The number of rotatable bonds is 1. The van der Waals surface area contributed by atoms with Gasteiger partial charge in [-0.3, -0.25) is 4.79 Å². The fourth-order valence-corrected chi connectivity index (χ4v) is 0.853. The first-order chi connectivity index (χ1) is 5.72. The summed E-state index contributed by atoms with van der Waals surface area (Å²) in [5.41, 5.74) is 0. The van der Waals surface area contributed by atoms with E-state index in [9.17, 15) is 13.6 Å². The fraction of sp³-hybridized carbons (Fsp3) is 0.875. The van der Waals surface area contributed by atoms with Crippen LogP contribution in [0.1, 0.15) is 25.7 Å². The number of amides is 1. The second kappa shape index (κ2) is 4.38. The van der Waals surface area contributed by atoms with Crippen molar-refractivity contribution in [3.8, 4) is 0 Å². The van der Waals surface area contributed by atoms with Crippen LogP contribution in [0, 0.1) is 5.92 Å². The van der Waals surface area contributed by atoms with E-state index in [0.717, 1.165) is 0 Å². The molecule has 12 heavy (non-hydrogen) atoms. The van der Waals surface area contributed by atoms with E-state index in [1.807, 2.05) is 0 Å². The summed E-state index contributed by atoms with van der Waals surface area (Å²) in [5.74, 6) is -1.56. The van der Waals surface area contributed by atoms with Crippen LogP contribution in [-0.4, -0.2) is 18.9 Å². The number of nitrogens with one attached hydrogen (secondary N) is 1. The summed E-state index contributed by atoms with van der Waals surface area (Å²) >= 11 is 0. The van der Waals surface area contributed by atoms with Gasteiger partial charge in [-0.1, -0.05) is 19.3 Å². The molecule has 1 N–H and O–H groups in total. The van der Waals surface area contributed by atoms with Crippen molar-refractivity contribution < 1.29 is 13.6 Å². The lowest BCUT2D eigenvalue weighted by Gasteiger charge is -2.01. The number of carbonyl (C=O) groups excluding carboxylic acids is 1. The second-order valence-corrected chi connectivity index (χ2v) is 3.08. The highest BCUT2D eigenvalue weighted by atomic mass is 19.3. The van der Waals surface area contributed by atoms with Crippen LogP contribution >= 0.6 is 0 Å². The normalized spacial score (nSPS) is 26.2. The molecule has 0 aromatic heterocycles. The van der Waals surface area contributed by atoms with Gasteiger partial charge >= 0.3 is 0 Å². The molecule has 1 amide bonds. The predicted molar refractivity (Wildman–Crippen MR) is 41.0 cm³/mol. The monoisotopic (exact) mass is 177 g/mol. The van der Waals surface area contributed by atoms with Crippen LogP contribution in [0.5, 0.6) is 0 Å². The lowest BCUT2D eigenvalue weighted by Crippen LogP contribution is -2.23. The van der Waals surface area contributed by atoms with Crippen molar-refractivity contribution in [1.82, 2.24) is 5.32 Å². The quantitative estimate of drug-likeness (QED) is 0.647. The van der Waals surface area contributed by atoms with Gasteiger partial charge in [0, 0.05) is 6.54 Å². The van der Waals surface area contributed by atoms with E-state index >= 15 is 0 Å². The minimum atomic E-state index is -2.49. The van der Waals surface area contributed by atoms with Crippen LogP contribution in [0.4, 0.5) is 8.78 Å². The van der Waals surface area contributed by atoms with Crippen LogP contribution in [0.3, 0.4) is 0 Å². The molecule has 0 aromatic rings. The Balaban J connectivity index is 0.000000200. The van der Waals surface area contributed by atoms with E-state index < -0.39 is 18.3 Å². The Hall–Kier alpha value is -0.670. The molecule has 70 valence electrons. The number of carbonyl (C=O) groups is 1. The lowest BCUT2D eigenvalue weighted by molar-refractivity contribution is -0.126. The summed E-state index contributed by atoms with van der Waals surface area (Å²) in [5, 5.41) is 2.33. The maximum absolute atomic E-state index is 11.7. The van der Waals surface area contributed by atoms with Crippen LogP contribution in [0.25, 0.3) is 0 Å². The highest BCUT2D eigenvalue weighted by molar-refractivity contribution is 5.80. The molecule has 1 heterocycles. The molecule has 1 saturated heterocycles. The van der Waals surface area contributed by atoms with Crippen molar-refractivity contribution in [3.63, 3.8) is 0 Å². The first-order valence-corrected chi connectivity index (χ1v) is 4.27. The van der Waals surface area contributed by atoms with Crippen molar-refractivity contribution in [2.75, 3.05) is 6.54 Å². The van der Waals surface area contributed by atoms with E-state index in [2.05, 4.69) is 5.32 Å². The highest BCUT2D eigenvalue weighted by Gasteiger charge is 2.31. The Morgan fingerprint density at radius 3 is 2.08 bits per heavy atom. The first-order valence-electron chi connectivity index (χ1n) is 4.27. The van der Waals surface area contributed by atoms with E-state index in [4.69, 9.17) is 0 Å². The average Bonchev–Trinajstić information content (AvgIpc) is 2.81. The fourth-order valence-electron chi connectivity index (χ4n) is 0.853. The zero-order chi connectivity index (χ0) is 8.97. The molecule has 1 aliphatic heterocycles. The largest absolute Gasteiger partial charge is 0.356 e. The smallest absolute Gasteiger partial charge is 0.250 e. The highest BCUT2D eigenvalue weighted by Crippen LogP contribution is 2.17. The van der Waals surface area contributed by atoms with Crippen molar-refractivity contribution in [2.24, 2.45) is 5.92 Å². The van der Waals surface area contributed by atoms with Crippen LogP contribution < -0.4 is 5.32 Å². The maximum Gasteiger partial charge on any atom is 0.250 e. The minimum absolute atomic E-state index is 0.274. The molecule has 1 unspecified atom stereocenters. The first kappa shape index (κ1) is 9.42. The summed E-state index contributed by atoms with van der Waals surface area (Å²) in [6.07, 6.45) is 2.28. The molecular formula is C8H13F2NO. The summed E-state index contributed by atoms with van der Waals surface area (Å²) in [6, 6.07) is 0. The van der Waals surface area contributed by atoms with Gasteiger partial charge in [0.1, 0.15) is 5.92 Å². The molecule has 0 bridgehead atoms. The molecule has 0 radical (unpaired) electrons. The molecule has 0 spiro atoms. The Morgan fingerprint density at radius 1 is 1.33 bits per heavy atom. The third-order valence-corrected chi connectivity index (χ3v) is 1.75. The molecule has 2 aliphatic rings. The Labute approximate surface area is 70.3 Å². The number of alkyl halides is 2. The molecule has 2 fully saturated rings. The van der Waals surface area contributed by atoms with Gasteiger partial charge in [-0.2, -0.15) is 0 Å². The van der Waals surface area contributed by atoms with Gasteiger partial charge in [0.05, 0.1) is 0 Å². The number of hydrogen-bond donors (Lipinski definition) is 1. The van der Waals surface area contributed by atoms with E-state index in [1.54, 1.807) is 0 Å². The molecule has 1 saturated carbocycles. The van der Waals surface area contributed by atoms with Gasteiger partial charge in [0.2, 0.25) is 12.3 Å². The maximum atomic E-state index is 11.7. The van der Waals surface area contributed by atoms with Gasteiger partial charge in [0.25, 0.3) is 0 Å². The lowest BCUT2D eigenvalue weighted by atomic mass is 10.1. The summed E-state index contributed by atoms with van der Waals surface area (Å²) in [6.45, 7) is 0.397. The van der Waals surface area contributed by atoms with E-state index in [1.165, 1.54) is 19.3 Å². The van der Waals surface area contributed by atoms with Gasteiger partial charge in [0.15, 0.2) is 0 Å². The molecule has 4 heteroatoms. The van der Waals surface area contributed by atoms with Crippen LogP contribution in [0.2, 0.25) is 0 Å². The average molecular weight is 177 g/mol. The van der Waals surface area contributed by atoms with Crippen molar-refractivity contribution in [1.29, 1.82) is 0 Å². The number of hydrogen-bond acceptors (Lipinski definition) is 1. The Bertz CT molecular complexity index is 156. The standard InChI is InChI=1S/C5H7F2NO.C3H6/c6-4(7)3-1-2-8-5(3)9;1-2-3-1/h3-4H,1-2H2,(H,8,9);1-3H2. The molecule has 1 atom stereocenters. The zero-order valence-electron chi connectivity index (χ0n) is 6.85. The zero-order valence-corrected chi connectivity index (χ0v) is 6.85. The van der Waals surface area contributed by atoms with Crippen molar-refractivity contribution in [3.05, 3.63) is 0 Å². The van der Waals surface area contributed by atoms with E-state index in [-0.39, 0.29) is 6.42 Å². The van der Waals surface area contributed by atoms with Crippen molar-refractivity contribution >= 4 is 5.91 Å². The molecular weight excluding hydrogens is 164 g/mol.